The molecule has 4 aliphatic rings. The Morgan fingerprint density at radius 1 is 1.24 bits per heavy atom. The van der Waals surface area contributed by atoms with Gasteiger partial charge in [0, 0.05) is 55.6 Å². The number of nitrogens with zero attached hydrogens (tertiary/aromatic N) is 5. The molecule has 2 atom stereocenters. The molecule has 3 fully saturated rings. The molecule has 2 saturated heterocycles. The molecule has 0 radical (unpaired) electrons. The normalized spacial score (nSPS) is 23.7. The van der Waals surface area contributed by atoms with E-state index in [1.165, 1.54) is 18.4 Å². The van der Waals surface area contributed by atoms with Gasteiger partial charge in [0.05, 0.1) is 36.9 Å². The maximum atomic E-state index is 13.1. The third-order valence-corrected chi connectivity index (χ3v) is 9.16. The highest BCUT2D eigenvalue weighted by Crippen LogP contribution is 2.40. The van der Waals surface area contributed by atoms with E-state index in [1.54, 1.807) is 11.1 Å². The number of carbonyl (C=O) groups is 2. The van der Waals surface area contributed by atoms with Crippen LogP contribution in [0.15, 0.2) is 52.1 Å². The van der Waals surface area contributed by atoms with E-state index in [1.807, 2.05) is 41.5 Å². The number of rotatable bonds is 6. The van der Waals surface area contributed by atoms with Crippen LogP contribution in [0.2, 0.25) is 0 Å². The molecular formula is C30H34N6O4S. The molecule has 0 spiro atoms. The minimum Gasteiger partial charge on any atom is -0.466 e. The van der Waals surface area contributed by atoms with E-state index in [0.29, 0.717) is 50.7 Å². The van der Waals surface area contributed by atoms with Gasteiger partial charge < -0.3 is 25.0 Å². The van der Waals surface area contributed by atoms with Gasteiger partial charge >= 0.3 is 12.0 Å². The van der Waals surface area contributed by atoms with Gasteiger partial charge in [-0.15, -0.1) is 11.3 Å². The number of nitrogens with one attached hydrogen (secondary N) is 1. The van der Waals surface area contributed by atoms with E-state index in [2.05, 4.69) is 32.0 Å². The number of piperazine rings is 1. The standard InChI is InChI=1S/C30H34N6O4S/c1-20-25(28(37)40-2)24(33-26(32-20)27-31-12-16-41-27)19-34-14-15-36-23(17-34)18-35(29(36)38)13-3-5-21-6-8-22(9-7-21)30(39)10-4-11-30/h6-9,12,16,20,23,39H,4,10-11,13-15,17-19H2,1-2H3,(H,32,33)/t20-,23-/m0/s1. The molecule has 6 rings (SSSR count). The summed E-state index contributed by atoms with van der Waals surface area (Å²) in [4.78, 5) is 40.8. The van der Waals surface area contributed by atoms with Crippen molar-refractivity contribution in [3.05, 3.63) is 63.2 Å². The van der Waals surface area contributed by atoms with E-state index in [4.69, 9.17) is 4.74 Å². The van der Waals surface area contributed by atoms with Crippen LogP contribution in [-0.2, 0) is 15.1 Å². The van der Waals surface area contributed by atoms with Crippen LogP contribution in [-0.4, -0.2) is 101 Å². The lowest BCUT2D eigenvalue weighted by Crippen LogP contribution is -2.53. The number of aromatic nitrogens is 1. The number of benzene rings is 1. The second-order valence-corrected chi connectivity index (χ2v) is 11.9. The number of hydrogen-bond acceptors (Lipinski definition) is 9. The van der Waals surface area contributed by atoms with Crippen molar-refractivity contribution in [2.24, 2.45) is 4.99 Å². The minimum atomic E-state index is -0.674. The van der Waals surface area contributed by atoms with Crippen molar-refractivity contribution in [2.45, 2.75) is 43.9 Å². The fraction of sp³-hybridized carbons (Fsp3) is 0.467. The summed E-state index contributed by atoms with van der Waals surface area (Å²) in [5.74, 6) is 6.59. The van der Waals surface area contributed by atoms with Gasteiger partial charge in [-0.1, -0.05) is 24.0 Å². The molecule has 2 N–H and O–H groups in total. The molecule has 3 aliphatic heterocycles. The van der Waals surface area contributed by atoms with Crippen LogP contribution in [0.1, 0.15) is 42.3 Å². The number of amides is 2. The molecule has 2 aromatic rings. The van der Waals surface area contributed by atoms with E-state index >= 15 is 0 Å². The van der Waals surface area contributed by atoms with Gasteiger partial charge in [0.2, 0.25) is 0 Å². The predicted molar refractivity (Wildman–Crippen MR) is 155 cm³/mol. The smallest absolute Gasteiger partial charge is 0.337 e. The van der Waals surface area contributed by atoms with Crippen molar-refractivity contribution in [1.82, 2.24) is 25.0 Å². The van der Waals surface area contributed by atoms with Crippen molar-refractivity contribution in [3.63, 3.8) is 0 Å². The Balaban J connectivity index is 1.09. The fourth-order valence-electron chi connectivity index (χ4n) is 5.97. The maximum absolute atomic E-state index is 13.1. The second-order valence-electron chi connectivity index (χ2n) is 11.0. The molecule has 1 aliphatic carbocycles. The molecule has 0 bridgehead atoms. The summed E-state index contributed by atoms with van der Waals surface area (Å²) < 4.78 is 5.08. The highest BCUT2D eigenvalue weighted by atomic mass is 32.1. The van der Waals surface area contributed by atoms with Gasteiger partial charge in [0.1, 0.15) is 0 Å². The third-order valence-electron chi connectivity index (χ3n) is 8.38. The van der Waals surface area contributed by atoms with Crippen LogP contribution < -0.4 is 5.32 Å². The van der Waals surface area contributed by atoms with Crippen LogP contribution in [0.3, 0.4) is 0 Å². The number of aliphatic hydroxyl groups is 1. The molecule has 11 heteroatoms. The van der Waals surface area contributed by atoms with Gasteiger partial charge in [-0.25, -0.2) is 14.6 Å². The fourth-order valence-corrected chi connectivity index (χ4v) is 6.56. The zero-order valence-electron chi connectivity index (χ0n) is 23.3. The van der Waals surface area contributed by atoms with E-state index in [-0.39, 0.29) is 18.1 Å². The first-order chi connectivity index (χ1) is 19.8. The molecule has 2 amide bonds. The molecule has 0 unspecified atom stereocenters. The number of ether oxygens (including phenoxy) is 1. The van der Waals surface area contributed by atoms with Crippen molar-refractivity contribution < 1.29 is 19.4 Å². The SMILES string of the molecule is COC(=O)C1=C(CN2CCN3C(=O)N(CC#Cc4ccc(C5(O)CCC5)cc4)C[C@@H]3C2)NC(c2nccs2)=N[C@H]1C. The van der Waals surface area contributed by atoms with Gasteiger partial charge in [0.15, 0.2) is 10.8 Å². The number of urea groups is 1. The van der Waals surface area contributed by atoms with Crippen molar-refractivity contribution >= 4 is 29.2 Å². The Bertz CT molecular complexity index is 1440. The van der Waals surface area contributed by atoms with E-state index < -0.39 is 11.6 Å². The first kappa shape index (κ1) is 27.4. The van der Waals surface area contributed by atoms with Gasteiger partial charge in [-0.3, -0.25) is 9.89 Å². The molecule has 1 saturated carbocycles. The zero-order valence-corrected chi connectivity index (χ0v) is 24.1. The van der Waals surface area contributed by atoms with Gasteiger partial charge in [0.25, 0.3) is 0 Å². The third kappa shape index (κ3) is 5.47. The van der Waals surface area contributed by atoms with Gasteiger partial charge in [-0.05, 0) is 43.9 Å². The quantitative estimate of drug-likeness (QED) is 0.402. The Hall–Kier alpha value is -3.72. The Morgan fingerprint density at radius 2 is 2.05 bits per heavy atom. The summed E-state index contributed by atoms with van der Waals surface area (Å²) in [6.07, 6.45) is 4.41. The molecule has 4 heterocycles. The van der Waals surface area contributed by atoms with Crippen molar-refractivity contribution in [2.75, 3.05) is 46.4 Å². The first-order valence-electron chi connectivity index (χ1n) is 14.0. The zero-order chi connectivity index (χ0) is 28.6. The number of aliphatic imine (C=N–C) groups is 1. The summed E-state index contributed by atoms with van der Waals surface area (Å²) >= 11 is 1.49. The average molecular weight is 575 g/mol. The average Bonchev–Trinajstić information content (AvgIpc) is 3.60. The molecule has 1 aromatic heterocycles. The maximum Gasteiger partial charge on any atom is 0.337 e. The lowest BCUT2D eigenvalue weighted by atomic mass is 9.75. The number of amidine groups is 1. The summed E-state index contributed by atoms with van der Waals surface area (Å²) in [5, 5.41) is 16.5. The Kier molecular flexibility index (Phi) is 7.55. The van der Waals surface area contributed by atoms with Crippen LogP contribution in [0.5, 0.6) is 0 Å². The largest absolute Gasteiger partial charge is 0.466 e. The number of thiazole rings is 1. The number of hydrogen-bond donors (Lipinski definition) is 2. The molecule has 214 valence electrons. The first-order valence-corrected chi connectivity index (χ1v) is 14.9. The Morgan fingerprint density at radius 3 is 2.73 bits per heavy atom. The summed E-state index contributed by atoms with van der Waals surface area (Å²) in [5.41, 5.74) is 2.43. The topological polar surface area (TPSA) is 111 Å². The van der Waals surface area contributed by atoms with Crippen molar-refractivity contribution in [1.29, 1.82) is 0 Å². The Labute approximate surface area is 243 Å². The number of fused-ring (bicyclic) bond motifs is 1. The van der Waals surface area contributed by atoms with Crippen LogP contribution in [0.25, 0.3) is 0 Å². The summed E-state index contributed by atoms with van der Waals surface area (Å²) in [7, 11) is 1.38. The van der Waals surface area contributed by atoms with E-state index in [9.17, 15) is 14.7 Å². The lowest BCUT2D eigenvalue weighted by Gasteiger charge is -2.37. The molecular weight excluding hydrogens is 540 g/mol. The minimum absolute atomic E-state index is 0.0172. The van der Waals surface area contributed by atoms with Crippen LogP contribution in [0.4, 0.5) is 4.79 Å². The monoisotopic (exact) mass is 574 g/mol. The molecule has 10 nitrogen and oxygen atoms in total. The van der Waals surface area contributed by atoms with E-state index in [0.717, 1.165) is 41.1 Å². The highest BCUT2D eigenvalue weighted by molar-refractivity contribution is 7.11. The summed E-state index contributed by atoms with van der Waals surface area (Å²) in [6, 6.07) is 7.49. The predicted octanol–water partition coefficient (Wildman–Crippen LogP) is 2.15. The number of esters is 1. The lowest BCUT2D eigenvalue weighted by molar-refractivity contribution is -0.136. The number of methoxy groups -OCH3 is 1. The number of carbonyl (C=O) groups excluding carboxylic acids is 2. The molecule has 41 heavy (non-hydrogen) atoms. The van der Waals surface area contributed by atoms with Gasteiger partial charge in [-0.2, -0.15) is 0 Å². The highest BCUT2D eigenvalue weighted by Gasteiger charge is 2.41. The van der Waals surface area contributed by atoms with Crippen molar-refractivity contribution in [3.8, 4) is 11.8 Å². The second kappa shape index (κ2) is 11.3. The van der Waals surface area contributed by atoms with Crippen LogP contribution >= 0.6 is 11.3 Å². The molecule has 1 aromatic carbocycles. The summed E-state index contributed by atoms with van der Waals surface area (Å²) in [6.45, 7) is 5.37. The van der Waals surface area contributed by atoms with Crippen LogP contribution in [0, 0.1) is 11.8 Å².